The number of aromatic nitrogens is 3. The number of pyridine rings is 1. The van der Waals surface area contributed by atoms with E-state index >= 15 is 0 Å². The van der Waals surface area contributed by atoms with Crippen LogP contribution in [0.4, 0.5) is 5.82 Å². The van der Waals surface area contributed by atoms with Gasteiger partial charge in [-0.2, -0.15) is 4.98 Å². The summed E-state index contributed by atoms with van der Waals surface area (Å²) in [7, 11) is 1.59. The van der Waals surface area contributed by atoms with E-state index in [1.165, 1.54) is 0 Å². The highest BCUT2D eigenvalue weighted by Gasteiger charge is 2.40. The number of amides is 1. The molecule has 138 valence electrons. The third-order valence-electron chi connectivity index (χ3n) is 5.25. The van der Waals surface area contributed by atoms with Crippen LogP contribution in [0.25, 0.3) is 0 Å². The zero-order valence-corrected chi connectivity index (χ0v) is 15.2. The fraction of sp³-hybridized carbons (Fsp3) is 0.526. The van der Waals surface area contributed by atoms with Gasteiger partial charge in [0, 0.05) is 38.2 Å². The standard InChI is InChI=1S/C19H24N4O3/c1-3-22-11-9-20-18(22)16-14(5-4-12-26-16)19(24)23-10-8-13-6-7-15(25-2)21-17(13)23/h6-7,9,11,14,16H,3-5,8,10,12H2,1-2H3/t14-,16-/m1/s1. The van der Waals surface area contributed by atoms with Crippen LogP contribution in [0, 0.1) is 5.92 Å². The highest BCUT2D eigenvalue weighted by Crippen LogP contribution is 2.37. The molecule has 0 bridgehead atoms. The van der Waals surface area contributed by atoms with Gasteiger partial charge in [0.1, 0.15) is 17.7 Å². The lowest BCUT2D eigenvalue weighted by Gasteiger charge is -2.33. The number of aryl methyl sites for hydroxylation is 1. The summed E-state index contributed by atoms with van der Waals surface area (Å²) in [5.41, 5.74) is 1.09. The van der Waals surface area contributed by atoms with E-state index in [1.807, 2.05) is 18.3 Å². The van der Waals surface area contributed by atoms with E-state index in [4.69, 9.17) is 9.47 Å². The number of carbonyl (C=O) groups excluding carboxylic acids is 1. The second kappa shape index (κ2) is 7.07. The lowest BCUT2D eigenvalue weighted by Crippen LogP contribution is -2.41. The Morgan fingerprint density at radius 3 is 3.12 bits per heavy atom. The quantitative estimate of drug-likeness (QED) is 0.841. The molecule has 2 atom stereocenters. The Hall–Kier alpha value is -2.41. The molecule has 0 radical (unpaired) electrons. The number of hydrogen-bond donors (Lipinski definition) is 0. The molecule has 0 unspecified atom stereocenters. The molecule has 2 aromatic heterocycles. The van der Waals surface area contributed by atoms with Gasteiger partial charge in [0.2, 0.25) is 11.8 Å². The average Bonchev–Trinajstić information content (AvgIpc) is 3.33. The van der Waals surface area contributed by atoms with Crippen molar-refractivity contribution in [1.82, 2.24) is 14.5 Å². The van der Waals surface area contributed by atoms with Gasteiger partial charge in [0.05, 0.1) is 13.0 Å². The molecule has 0 saturated carbocycles. The molecule has 1 amide bonds. The molecule has 2 aliphatic heterocycles. The van der Waals surface area contributed by atoms with E-state index < -0.39 is 0 Å². The van der Waals surface area contributed by atoms with Crippen LogP contribution in [0.5, 0.6) is 5.88 Å². The second-order valence-corrected chi connectivity index (χ2v) is 6.69. The summed E-state index contributed by atoms with van der Waals surface area (Å²) in [5.74, 6) is 1.91. The topological polar surface area (TPSA) is 69.5 Å². The van der Waals surface area contributed by atoms with Gasteiger partial charge < -0.3 is 14.0 Å². The highest BCUT2D eigenvalue weighted by molar-refractivity contribution is 5.96. The Labute approximate surface area is 152 Å². The smallest absolute Gasteiger partial charge is 0.234 e. The van der Waals surface area contributed by atoms with Gasteiger partial charge >= 0.3 is 0 Å². The Balaban J connectivity index is 1.63. The number of imidazole rings is 1. The predicted octanol–water partition coefficient (Wildman–Crippen LogP) is 2.36. The molecular formula is C19H24N4O3. The Bertz CT molecular complexity index is 804. The molecule has 0 spiro atoms. The Morgan fingerprint density at radius 2 is 2.31 bits per heavy atom. The molecular weight excluding hydrogens is 332 g/mol. The van der Waals surface area contributed by atoms with E-state index in [0.29, 0.717) is 19.0 Å². The van der Waals surface area contributed by atoms with Crippen LogP contribution < -0.4 is 9.64 Å². The van der Waals surface area contributed by atoms with Gasteiger partial charge in [0.25, 0.3) is 0 Å². The monoisotopic (exact) mass is 356 g/mol. The summed E-state index contributed by atoms with van der Waals surface area (Å²) >= 11 is 0. The molecule has 1 fully saturated rings. The number of carbonyl (C=O) groups is 1. The van der Waals surface area contributed by atoms with E-state index in [1.54, 1.807) is 18.2 Å². The fourth-order valence-electron chi connectivity index (χ4n) is 3.89. The van der Waals surface area contributed by atoms with Crippen molar-refractivity contribution < 1.29 is 14.3 Å². The summed E-state index contributed by atoms with van der Waals surface area (Å²) in [4.78, 5) is 24.2. The van der Waals surface area contributed by atoms with Gasteiger partial charge in [-0.25, -0.2) is 4.98 Å². The molecule has 0 aromatic carbocycles. The van der Waals surface area contributed by atoms with Crippen molar-refractivity contribution in [3.8, 4) is 5.88 Å². The minimum absolute atomic E-state index is 0.0693. The zero-order chi connectivity index (χ0) is 18.1. The van der Waals surface area contributed by atoms with Gasteiger partial charge in [0.15, 0.2) is 0 Å². The van der Waals surface area contributed by atoms with E-state index in [9.17, 15) is 4.79 Å². The van der Waals surface area contributed by atoms with Gasteiger partial charge in [-0.3, -0.25) is 9.69 Å². The minimum Gasteiger partial charge on any atom is -0.481 e. The molecule has 4 rings (SSSR count). The highest BCUT2D eigenvalue weighted by atomic mass is 16.5. The maximum Gasteiger partial charge on any atom is 0.234 e. The van der Waals surface area contributed by atoms with Crippen LogP contribution in [0.2, 0.25) is 0 Å². The Kier molecular flexibility index (Phi) is 4.63. The van der Waals surface area contributed by atoms with Crippen LogP contribution in [0.3, 0.4) is 0 Å². The largest absolute Gasteiger partial charge is 0.481 e. The number of rotatable bonds is 4. The molecule has 7 heteroatoms. The van der Waals surface area contributed by atoms with E-state index in [0.717, 1.165) is 43.0 Å². The maximum absolute atomic E-state index is 13.4. The summed E-state index contributed by atoms with van der Waals surface area (Å²) in [6.45, 7) is 4.19. The number of ether oxygens (including phenoxy) is 2. The van der Waals surface area contributed by atoms with Crippen LogP contribution in [-0.2, 0) is 22.5 Å². The van der Waals surface area contributed by atoms with Gasteiger partial charge in [-0.05, 0) is 37.8 Å². The minimum atomic E-state index is -0.305. The third-order valence-corrected chi connectivity index (χ3v) is 5.25. The van der Waals surface area contributed by atoms with Crippen molar-refractivity contribution in [3.05, 3.63) is 35.9 Å². The zero-order valence-electron chi connectivity index (χ0n) is 15.2. The molecule has 0 aliphatic carbocycles. The maximum atomic E-state index is 13.4. The van der Waals surface area contributed by atoms with E-state index in [-0.39, 0.29) is 17.9 Å². The first-order valence-electron chi connectivity index (χ1n) is 9.20. The SMILES string of the molecule is CCn1ccnc1[C@@H]1OCCC[C@H]1C(=O)N1CCc2ccc(OC)nc21. The van der Waals surface area contributed by atoms with E-state index in [2.05, 4.69) is 21.5 Å². The van der Waals surface area contributed by atoms with Gasteiger partial charge in [-0.15, -0.1) is 0 Å². The number of methoxy groups -OCH3 is 1. The van der Waals surface area contributed by atoms with Crippen molar-refractivity contribution >= 4 is 11.7 Å². The first kappa shape index (κ1) is 17.0. The predicted molar refractivity (Wildman–Crippen MR) is 96.2 cm³/mol. The summed E-state index contributed by atoms with van der Waals surface area (Å²) in [6, 6.07) is 3.84. The Morgan fingerprint density at radius 1 is 1.42 bits per heavy atom. The number of fused-ring (bicyclic) bond motifs is 1. The number of anilines is 1. The molecule has 2 aliphatic rings. The molecule has 1 saturated heterocycles. The van der Waals surface area contributed by atoms with Crippen molar-refractivity contribution in [2.24, 2.45) is 5.92 Å². The molecule has 4 heterocycles. The van der Waals surface area contributed by atoms with Crippen molar-refractivity contribution in [3.63, 3.8) is 0 Å². The first-order valence-corrected chi connectivity index (χ1v) is 9.20. The first-order chi connectivity index (χ1) is 12.7. The normalized spacial score (nSPS) is 22.3. The van der Waals surface area contributed by atoms with Crippen molar-refractivity contribution in [2.45, 2.75) is 38.8 Å². The van der Waals surface area contributed by atoms with Crippen LogP contribution in [-0.4, -0.2) is 40.7 Å². The van der Waals surface area contributed by atoms with Crippen molar-refractivity contribution in [1.29, 1.82) is 0 Å². The lowest BCUT2D eigenvalue weighted by molar-refractivity contribution is -0.132. The fourth-order valence-corrected chi connectivity index (χ4v) is 3.89. The molecule has 7 nitrogen and oxygen atoms in total. The lowest BCUT2D eigenvalue weighted by atomic mass is 9.92. The number of nitrogens with zero attached hydrogens (tertiary/aromatic N) is 4. The summed E-state index contributed by atoms with van der Waals surface area (Å²) in [6.07, 6.45) is 5.91. The average molecular weight is 356 g/mol. The van der Waals surface area contributed by atoms with Crippen LogP contribution >= 0.6 is 0 Å². The number of hydrogen-bond acceptors (Lipinski definition) is 5. The van der Waals surface area contributed by atoms with Crippen LogP contribution in [0.1, 0.15) is 37.3 Å². The molecule has 2 aromatic rings. The second-order valence-electron chi connectivity index (χ2n) is 6.69. The molecule has 26 heavy (non-hydrogen) atoms. The summed E-state index contributed by atoms with van der Waals surface area (Å²) < 4.78 is 13.3. The van der Waals surface area contributed by atoms with Crippen molar-refractivity contribution in [2.75, 3.05) is 25.2 Å². The van der Waals surface area contributed by atoms with Crippen LogP contribution in [0.15, 0.2) is 24.5 Å². The van der Waals surface area contributed by atoms with Gasteiger partial charge in [-0.1, -0.05) is 0 Å². The third kappa shape index (κ3) is 2.86. The summed E-state index contributed by atoms with van der Waals surface area (Å²) in [5, 5.41) is 0. The molecule has 0 N–H and O–H groups in total.